The van der Waals surface area contributed by atoms with Gasteiger partial charge in [-0.2, -0.15) is 0 Å². The van der Waals surface area contributed by atoms with Gasteiger partial charge < -0.3 is 16.0 Å². The van der Waals surface area contributed by atoms with Crippen molar-refractivity contribution in [3.63, 3.8) is 0 Å². The first-order valence-electron chi connectivity index (χ1n) is 8.34. The highest BCUT2D eigenvalue weighted by atomic mass is 127. The SMILES string of the molecule is CCNC(=NCCCc1ccc(Br)cc1F)NC1CCC(=O)NC1.I. The van der Waals surface area contributed by atoms with Crippen molar-refractivity contribution in [2.45, 2.75) is 38.6 Å². The van der Waals surface area contributed by atoms with E-state index in [9.17, 15) is 9.18 Å². The molecule has 0 aromatic heterocycles. The fourth-order valence-corrected chi connectivity index (χ4v) is 2.89. The lowest BCUT2D eigenvalue weighted by Crippen LogP contribution is -2.51. The predicted octanol–water partition coefficient (Wildman–Crippen LogP) is 2.97. The number of guanidine groups is 1. The van der Waals surface area contributed by atoms with Crippen LogP contribution in [0.5, 0.6) is 0 Å². The van der Waals surface area contributed by atoms with Gasteiger partial charge in [0.2, 0.25) is 5.91 Å². The number of carbonyl (C=O) groups excluding carboxylic acids is 1. The quantitative estimate of drug-likeness (QED) is 0.231. The van der Waals surface area contributed by atoms with Gasteiger partial charge in [-0.15, -0.1) is 24.0 Å². The average Bonchev–Trinajstić information content (AvgIpc) is 2.55. The summed E-state index contributed by atoms with van der Waals surface area (Å²) in [4.78, 5) is 15.7. The molecule has 25 heavy (non-hydrogen) atoms. The summed E-state index contributed by atoms with van der Waals surface area (Å²) in [7, 11) is 0. The Morgan fingerprint density at radius 3 is 2.92 bits per heavy atom. The molecule has 0 radical (unpaired) electrons. The number of aliphatic imine (C=N–C) groups is 1. The van der Waals surface area contributed by atoms with Gasteiger partial charge in [0.05, 0.1) is 0 Å². The van der Waals surface area contributed by atoms with Crippen LogP contribution < -0.4 is 16.0 Å². The molecule has 140 valence electrons. The van der Waals surface area contributed by atoms with E-state index >= 15 is 0 Å². The standard InChI is InChI=1S/C17H24BrFN4O.HI/c1-2-20-17(23-14-7-8-16(24)22-11-14)21-9-3-4-12-5-6-13(18)10-15(12)19;/h5-6,10,14H,2-4,7-9,11H2,1H3,(H,22,24)(H2,20,21,23);1H. The second-order valence-corrected chi connectivity index (χ2v) is 6.70. The Labute approximate surface area is 173 Å². The summed E-state index contributed by atoms with van der Waals surface area (Å²) in [6.45, 7) is 4.01. The number of benzene rings is 1. The van der Waals surface area contributed by atoms with E-state index < -0.39 is 0 Å². The number of nitrogens with one attached hydrogen (secondary N) is 3. The zero-order valence-electron chi connectivity index (χ0n) is 14.3. The molecule has 1 amide bonds. The van der Waals surface area contributed by atoms with Gasteiger partial charge in [-0.05, 0) is 43.9 Å². The third-order valence-electron chi connectivity index (χ3n) is 3.84. The van der Waals surface area contributed by atoms with Crippen molar-refractivity contribution < 1.29 is 9.18 Å². The molecule has 1 aromatic rings. The molecular formula is C17H25BrFIN4O. The van der Waals surface area contributed by atoms with Crippen molar-refractivity contribution in [1.82, 2.24) is 16.0 Å². The second-order valence-electron chi connectivity index (χ2n) is 5.78. The zero-order chi connectivity index (χ0) is 17.4. The van der Waals surface area contributed by atoms with Crippen molar-refractivity contribution in [2.24, 2.45) is 4.99 Å². The average molecular weight is 527 g/mol. The summed E-state index contributed by atoms with van der Waals surface area (Å²) in [6, 6.07) is 5.34. The zero-order valence-corrected chi connectivity index (χ0v) is 18.2. The third-order valence-corrected chi connectivity index (χ3v) is 4.33. The van der Waals surface area contributed by atoms with Gasteiger partial charge >= 0.3 is 0 Å². The highest BCUT2D eigenvalue weighted by Crippen LogP contribution is 2.16. The van der Waals surface area contributed by atoms with Crippen molar-refractivity contribution >= 4 is 51.8 Å². The van der Waals surface area contributed by atoms with Crippen LogP contribution in [0.15, 0.2) is 27.7 Å². The summed E-state index contributed by atoms with van der Waals surface area (Å²) in [5.41, 5.74) is 0.710. The molecule has 5 nitrogen and oxygen atoms in total. The number of nitrogens with zero attached hydrogens (tertiary/aromatic N) is 1. The first-order valence-corrected chi connectivity index (χ1v) is 9.13. The first-order chi connectivity index (χ1) is 11.6. The fraction of sp³-hybridized carbons (Fsp3) is 0.529. The van der Waals surface area contributed by atoms with E-state index in [0.717, 1.165) is 29.8 Å². The molecule has 0 bridgehead atoms. The maximum atomic E-state index is 13.8. The summed E-state index contributed by atoms with van der Waals surface area (Å²) < 4.78 is 14.5. The van der Waals surface area contributed by atoms with Crippen LogP contribution >= 0.6 is 39.9 Å². The number of amides is 1. The van der Waals surface area contributed by atoms with Gasteiger partial charge in [-0.3, -0.25) is 9.79 Å². The van der Waals surface area contributed by atoms with Gasteiger partial charge in [-0.1, -0.05) is 22.0 Å². The van der Waals surface area contributed by atoms with E-state index in [4.69, 9.17) is 0 Å². The van der Waals surface area contributed by atoms with Crippen LogP contribution in [-0.2, 0) is 11.2 Å². The molecule has 0 aliphatic carbocycles. The number of hydrogen-bond acceptors (Lipinski definition) is 2. The van der Waals surface area contributed by atoms with Crippen LogP contribution in [0.3, 0.4) is 0 Å². The van der Waals surface area contributed by atoms with Crippen LogP contribution in [0.4, 0.5) is 4.39 Å². The molecule has 1 aliphatic rings. The minimum absolute atomic E-state index is 0. The minimum Gasteiger partial charge on any atom is -0.357 e. The molecule has 1 unspecified atom stereocenters. The summed E-state index contributed by atoms with van der Waals surface area (Å²) in [5, 5.41) is 9.39. The smallest absolute Gasteiger partial charge is 0.220 e. The Kier molecular flexibility index (Phi) is 10.3. The fourth-order valence-electron chi connectivity index (χ4n) is 2.55. The van der Waals surface area contributed by atoms with Gasteiger partial charge in [0, 0.05) is 36.6 Å². The molecular weight excluding hydrogens is 502 g/mol. The van der Waals surface area contributed by atoms with Crippen LogP contribution in [0.25, 0.3) is 0 Å². The molecule has 1 saturated heterocycles. The maximum Gasteiger partial charge on any atom is 0.220 e. The Bertz CT molecular complexity index is 590. The summed E-state index contributed by atoms with van der Waals surface area (Å²) >= 11 is 3.26. The van der Waals surface area contributed by atoms with Crippen molar-refractivity contribution in [3.05, 3.63) is 34.1 Å². The molecule has 1 atom stereocenters. The Morgan fingerprint density at radius 2 is 2.28 bits per heavy atom. The number of carbonyl (C=O) groups is 1. The largest absolute Gasteiger partial charge is 0.357 e. The monoisotopic (exact) mass is 526 g/mol. The molecule has 1 aromatic carbocycles. The minimum atomic E-state index is -0.184. The number of hydrogen-bond donors (Lipinski definition) is 3. The van der Waals surface area contributed by atoms with E-state index in [2.05, 4.69) is 36.9 Å². The molecule has 0 saturated carbocycles. The summed E-state index contributed by atoms with van der Waals surface area (Å²) in [6.07, 6.45) is 2.78. The van der Waals surface area contributed by atoms with Gasteiger partial charge in [-0.25, -0.2) is 4.39 Å². The van der Waals surface area contributed by atoms with Gasteiger partial charge in [0.15, 0.2) is 5.96 Å². The van der Waals surface area contributed by atoms with Gasteiger partial charge in [0.1, 0.15) is 5.82 Å². The topological polar surface area (TPSA) is 65.5 Å². The Hall–Kier alpha value is -0.900. The first kappa shape index (κ1) is 22.1. The normalized spacial score (nSPS) is 17.5. The molecule has 1 aliphatic heterocycles. The number of piperidine rings is 1. The molecule has 3 N–H and O–H groups in total. The molecule has 0 spiro atoms. The second kappa shape index (κ2) is 11.7. The lowest BCUT2D eigenvalue weighted by atomic mass is 10.1. The molecule has 1 fully saturated rings. The number of aryl methyl sites for hydroxylation is 1. The number of halogens is 3. The molecule has 8 heteroatoms. The van der Waals surface area contributed by atoms with Gasteiger partial charge in [0.25, 0.3) is 0 Å². The van der Waals surface area contributed by atoms with E-state index in [0.29, 0.717) is 31.5 Å². The third kappa shape index (κ3) is 7.89. The lowest BCUT2D eigenvalue weighted by Gasteiger charge is -2.25. The van der Waals surface area contributed by atoms with Crippen LogP contribution in [0, 0.1) is 5.82 Å². The lowest BCUT2D eigenvalue weighted by molar-refractivity contribution is -0.122. The van der Waals surface area contributed by atoms with Crippen molar-refractivity contribution in [2.75, 3.05) is 19.6 Å². The van der Waals surface area contributed by atoms with Crippen LogP contribution in [0.1, 0.15) is 31.7 Å². The van der Waals surface area contributed by atoms with E-state index in [1.165, 1.54) is 6.07 Å². The Morgan fingerprint density at radius 1 is 1.48 bits per heavy atom. The summed E-state index contributed by atoms with van der Waals surface area (Å²) in [5.74, 6) is 0.665. The van der Waals surface area contributed by atoms with Crippen molar-refractivity contribution in [1.29, 1.82) is 0 Å². The van der Waals surface area contributed by atoms with Crippen LogP contribution in [-0.4, -0.2) is 37.5 Å². The highest BCUT2D eigenvalue weighted by molar-refractivity contribution is 14.0. The van der Waals surface area contributed by atoms with Crippen LogP contribution in [0.2, 0.25) is 0 Å². The Balaban J connectivity index is 0.00000312. The molecule has 2 rings (SSSR count). The highest BCUT2D eigenvalue weighted by Gasteiger charge is 2.18. The van der Waals surface area contributed by atoms with E-state index in [-0.39, 0.29) is 41.7 Å². The molecule has 1 heterocycles. The maximum absolute atomic E-state index is 13.8. The van der Waals surface area contributed by atoms with E-state index in [1.807, 2.05) is 13.0 Å². The number of rotatable bonds is 6. The van der Waals surface area contributed by atoms with E-state index in [1.54, 1.807) is 6.07 Å². The van der Waals surface area contributed by atoms with Crippen molar-refractivity contribution in [3.8, 4) is 0 Å². The predicted molar refractivity (Wildman–Crippen MR) is 113 cm³/mol.